The Balaban J connectivity index is 2.28. The van der Waals surface area contributed by atoms with Gasteiger partial charge in [-0.2, -0.15) is 0 Å². The second-order valence-electron chi connectivity index (χ2n) is 5.59. The lowest BCUT2D eigenvalue weighted by Gasteiger charge is -2.37. The molecule has 1 atom stereocenters. The fourth-order valence-corrected chi connectivity index (χ4v) is 2.48. The van der Waals surface area contributed by atoms with Gasteiger partial charge in [-0.25, -0.2) is 0 Å². The second-order valence-corrected chi connectivity index (χ2v) is 5.59. The first-order chi connectivity index (χ1) is 10.0. The number of nitrogens with zero attached hydrogens (tertiary/aromatic N) is 2. The Labute approximate surface area is 126 Å². The molecular formula is C17H22N2O2. The predicted octanol–water partition coefficient (Wildman–Crippen LogP) is 1.11. The van der Waals surface area contributed by atoms with E-state index in [2.05, 4.69) is 30.7 Å². The van der Waals surface area contributed by atoms with Crippen molar-refractivity contribution >= 4 is 5.91 Å². The summed E-state index contributed by atoms with van der Waals surface area (Å²) in [4.78, 5) is 16.9. The van der Waals surface area contributed by atoms with Crippen molar-refractivity contribution in [3.05, 3.63) is 34.9 Å². The molecule has 21 heavy (non-hydrogen) atoms. The maximum absolute atomic E-state index is 12.8. The van der Waals surface area contributed by atoms with Gasteiger partial charge in [0.25, 0.3) is 5.91 Å². The Morgan fingerprint density at radius 3 is 2.86 bits per heavy atom. The summed E-state index contributed by atoms with van der Waals surface area (Å²) < 4.78 is 0. The van der Waals surface area contributed by atoms with E-state index in [1.54, 1.807) is 0 Å². The van der Waals surface area contributed by atoms with Gasteiger partial charge in [0.1, 0.15) is 6.61 Å². The highest BCUT2D eigenvalue weighted by Crippen LogP contribution is 2.16. The van der Waals surface area contributed by atoms with Gasteiger partial charge < -0.3 is 14.9 Å². The lowest BCUT2D eigenvalue weighted by Crippen LogP contribution is -2.52. The summed E-state index contributed by atoms with van der Waals surface area (Å²) in [6, 6.07) is 6.03. The van der Waals surface area contributed by atoms with Crippen LogP contribution in [0.4, 0.5) is 0 Å². The number of aliphatic hydroxyl groups is 1. The molecule has 0 aliphatic carbocycles. The Kier molecular flexibility index (Phi) is 5.00. The number of aryl methyl sites for hydroxylation is 1. The van der Waals surface area contributed by atoms with E-state index in [0.29, 0.717) is 17.2 Å². The largest absolute Gasteiger partial charge is 0.384 e. The van der Waals surface area contributed by atoms with Crippen LogP contribution < -0.4 is 0 Å². The van der Waals surface area contributed by atoms with Crippen LogP contribution in [-0.4, -0.2) is 60.1 Å². The number of likely N-dealkylation sites (N-methyl/N-ethyl adjacent to an activating group) is 1. The average molecular weight is 286 g/mol. The van der Waals surface area contributed by atoms with Gasteiger partial charge in [0.2, 0.25) is 0 Å². The summed E-state index contributed by atoms with van der Waals surface area (Å²) in [5.41, 5.74) is 2.36. The second kappa shape index (κ2) is 6.75. The topological polar surface area (TPSA) is 43.8 Å². The van der Waals surface area contributed by atoms with E-state index in [9.17, 15) is 4.79 Å². The molecule has 112 valence electrons. The van der Waals surface area contributed by atoms with E-state index >= 15 is 0 Å². The van der Waals surface area contributed by atoms with E-state index in [-0.39, 0.29) is 12.5 Å². The van der Waals surface area contributed by atoms with Crippen LogP contribution >= 0.6 is 0 Å². The molecule has 0 bridgehead atoms. The summed E-state index contributed by atoms with van der Waals surface area (Å²) in [6.07, 6.45) is 0. The van der Waals surface area contributed by atoms with Crippen LogP contribution in [0.2, 0.25) is 0 Å². The molecule has 0 radical (unpaired) electrons. The van der Waals surface area contributed by atoms with E-state index < -0.39 is 0 Å². The summed E-state index contributed by atoms with van der Waals surface area (Å²) in [5, 5.41) is 8.85. The van der Waals surface area contributed by atoms with Crippen LogP contribution in [0.25, 0.3) is 0 Å². The predicted molar refractivity (Wildman–Crippen MR) is 83.1 cm³/mol. The fourth-order valence-electron chi connectivity index (χ4n) is 2.48. The monoisotopic (exact) mass is 286 g/mol. The SMILES string of the molecule is Cc1ccc(C#CCO)c(C(=O)N2CCN(C)C(C)C2)c1. The van der Waals surface area contributed by atoms with E-state index in [1.807, 2.05) is 30.0 Å². The lowest BCUT2D eigenvalue weighted by atomic mass is 10.0. The standard InChI is InChI=1S/C17H22N2O2/c1-13-6-7-15(5-4-10-20)16(11-13)17(21)19-9-8-18(3)14(2)12-19/h6-7,11,14,20H,8-10,12H2,1-3H3. The highest BCUT2D eigenvalue weighted by molar-refractivity contribution is 5.97. The first-order valence-corrected chi connectivity index (χ1v) is 7.23. The van der Waals surface area contributed by atoms with Crippen LogP contribution in [0.3, 0.4) is 0 Å². The Bertz CT molecular complexity index is 586. The zero-order valence-electron chi connectivity index (χ0n) is 12.9. The molecule has 4 nitrogen and oxygen atoms in total. The van der Waals surface area contributed by atoms with Crippen molar-refractivity contribution < 1.29 is 9.90 Å². The molecule has 1 aromatic rings. The molecular weight excluding hydrogens is 264 g/mol. The minimum Gasteiger partial charge on any atom is -0.384 e. The molecule has 1 N–H and O–H groups in total. The molecule has 1 aromatic carbocycles. The van der Waals surface area contributed by atoms with Gasteiger partial charge in [-0.15, -0.1) is 0 Å². The van der Waals surface area contributed by atoms with Crippen molar-refractivity contribution in [2.45, 2.75) is 19.9 Å². The minimum atomic E-state index is -0.201. The molecule has 1 fully saturated rings. The smallest absolute Gasteiger partial charge is 0.255 e. The number of hydrogen-bond acceptors (Lipinski definition) is 3. The molecule has 1 unspecified atom stereocenters. The lowest BCUT2D eigenvalue weighted by molar-refractivity contribution is 0.0572. The first kappa shape index (κ1) is 15.6. The van der Waals surface area contributed by atoms with Crippen molar-refractivity contribution in [3.63, 3.8) is 0 Å². The number of rotatable bonds is 1. The molecule has 1 aliphatic rings. The van der Waals surface area contributed by atoms with Crippen LogP contribution in [-0.2, 0) is 0 Å². The normalized spacial score (nSPS) is 19.0. The highest BCUT2D eigenvalue weighted by atomic mass is 16.2. The van der Waals surface area contributed by atoms with E-state index in [0.717, 1.165) is 25.2 Å². The number of carbonyl (C=O) groups is 1. The van der Waals surface area contributed by atoms with Crippen molar-refractivity contribution in [3.8, 4) is 11.8 Å². The maximum Gasteiger partial charge on any atom is 0.255 e. The van der Waals surface area contributed by atoms with E-state index in [4.69, 9.17) is 5.11 Å². The third-order valence-electron chi connectivity index (χ3n) is 3.95. The molecule has 1 heterocycles. The van der Waals surface area contributed by atoms with Crippen LogP contribution in [0.5, 0.6) is 0 Å². The van der Waals surface area contributed by atoms with Crippen molar-refractivity contribution in [2.24, 2.45) is 0 Å². The number of carbonyl (C=O) groups excluding carboxylic acids is 1. The van der Waals surface area contributed by atoms with Gasteiger partial charge in [-0.1, -0.05) is 23.5 Å². The molecule has 1 amide bonds. The van der Waals surface area contributed by atoms with Gasteiger partial charge in [0.05, 0.1) is 5.56 Å². The van der Waals surface area contributed by atoms with Crippen molar-refractivity contribution in [1.82, 2.24) is 9.80 Å². The van der Waals surface area contributed by atoms with Gasteiger partial charge in [0.15, 0.2) is 0 Å². The van der Waals surface area contributed by atoms with Crippen LogP contribution in [0.15, 0.2) is 18.2 Å². The van der Waals surface area contributed by atoms with Gasteiger partial charge >= 0.3 is 0 Å². The third-order valence-corrected chi connectivity index (χ3v) is 3.95. The summed E-state index contributed by atoms with van der Waals surface area (Å²) in [5.74, 6) is 5.53. The molecule has 0 aromatic heterocycles. The van der Waals surface area contributed by atoms with Crippen molar-refractivity contribution in [2.75, 3.05) is 33.3 Å². The molecule has 1 saturated heterocycles. The average Bonchev–Trinajstić information content (AvgIpc) is 2.48. The Morgan fingerprint density at radius 2 is 2.19 bits per heavy atom. The summed E-state index contributed by atoms with van der Waals surface area (Å²) in [6.45, 7) is 6.24. The number of benzene rings is 1. The molecule has 1 aliphatic heterocycles. The molecule has 0 saturated carbocycles. The van der Waals surface area contributed by atoms with Crippen LogP contribution in [0, 0.1) is 18.8 Å². The Hall–Kier alpha value is -1.83. The number of aliphatic hydroxyl groups excluding tert-OH is 1. The third kappa shape index (κ3) is 3.63. The first-order valence-electron chi connectivity index (χ1n) is 7.23. The van der Waals surface area contributed by atoms with E-state index in [1.165, 1.54) is 0 Å². The number of amides is 1. The molecule has 0 spiro atoms. The molecule has 4 heteroatoms. The van der Waals surface area contributed by atoms with Crippen LogP contribution in [0.1, 0.15) is 28.4 Å². The fraction of sp³-hybridized carbons (Fsp3) is 0.471. The quantitative estimate of drug-likeness (QED) is 0.787. The van der Waals surface area contributed by atoms with Crippen molar-refractivity contribution in [1.29, 1.82) is 0 Å². The highest BCUT2D eigenvalue weighted by Gasteiger charge is 2.26. The van der Waals surface area contributed by atoms with Gasteiger partial charge in [-0.3, -0.25) is 4.79 Å². The number of piperazine rings is 1. The zero-order chi connectivity index (χ0) is 15.4. The Morgan fingerprint density at radius 1 is 1.43 bits per heavy atom. The zero-order valence-corrected chi connectivity index (χ0v) is 12.9. The summed E-state index contributed by atoms with van der Waals surface area (Å²) in [7, 11) is 2.08. The van der Waals surface area contributed by atoms with Gasteiger partial charge in [-0.05, 0) is 33.0 Å². The maximum atomic E-state index is 12.8. The van der Waals surface area contributed by atoms with Gasteiger partial charge in [0, 0.05) is 31.2 Å². The summed E-state index contributed by atoms with van der Waals surface area (Å²) >= 11 is 0. The molecule has 2 rings (SSSR count). The minimum absolute atomic E-state index is 0.0286. The number of hydrogen-bond donors (Lipinski definition) is 1.